The average molecular weight is 444 g/mol. The van der Waals surface area contributed by atoms with E-state index in [-0.39, 0.29) is 29.5 Å². The lowest BCUT2D eigenvalue weighted by atomic mass is 9.77. The summed E-state index contributed by atoms with van der Waals surface area (Å²) in [5, 5.41) is 14.8. The highest BCUT2D eigenvalue weighted by atomic mass is 16.6. The number of imidazole rings is 1. The molecule has 4 rings (SSSR count). The first-order valence-corrected chi connectivity index (χ1v) is 10.9. The van der Waals surface area contributed by atoms with Crippen molar-refractivity contribution >= 4 is 17.6 Å². The molecule has 2 aliphatic rings. The van der Waals surface area contributed by atoms with Gasteiger partial charge in [0.15, 0.2) is 0 Å². The van der Waals surface area contributed by atoms with Crippen molar-refractivity contribution in [3.63, 3.8) is 0 Å². The minimum absolute atomic E-state index is 0.0353. The summed E-state index contributed by atoms with van der Waals surface area (Å²) in [4.78, 5) is 43.7. The molecule has 2 aliphatic heterocycles. The highest BCUT2D eigenvalue weighted by Gasteiger charge is 2.43. The summed E-state index contributed by atoms with van der Waals surface area (Å²) < 4.78 is 6.79. The maximum absolute atomic E-state index is 12.9. The number of amides is 2. The molecule has 0 saturated carbocycles. The van der Waals surface area contributed by atoms with Crippen molar-refractivity contribution in [2.45, 2.75) is 53.0 Å². The predicted molar refractivity (Wildman–Crippen MR) is 113 cm³/mol. The number of nitrogens with zero attached hydrogens (tertiary/aromatic N) is 6. The van der Waals surface area contributed by atoms with Crippen LogP contribution in [0.5, 0.6) is 0 Å². The van der Waals surface area contributed by atoms with Gasteiger partial charge < -0.3 is 29.0 Å². The highest BCUT2D eigenvalue weighted by molar-refractivity contribution is 5.96. The number of piperidine rings is 1. The molecule has 4 heterocycles. The van der Waals surface area contributed by atoms with Crippen molar-refractivity contribution in [1.82, 2.24) is 24.5 Å². The number of carbonyl (C=O) groups excluding carboxylic acids is 2. The first-order chi connectivity index (χ1) is 15.2. The molecule has 172 valence electrons. The number of aromatic nitrogens is 3. The molecular weight excluding hydrogens is 416 g/mol. The summed E-state index contributed by atoms with van der Waals surface area (Å²) in [5.74, 6) is 0.883. The van der Waals surface area contributed by atoms with Gasteiger partial charge in [-0.05, 0) is 48.4 Å². The molecule has 2 amide bonds. The molecule has 0 aliphatic carbocycles. The molecule has 0 bridgehead atoms. The number of nitro groups is 1. The molecule has 2 fully saturated rings. The van der Waals surface area contributed by atoms with Crippen LogP contribution < -0.4 is 0 Å². The van der Waals surface area contributed by atoms with Gasteiger partial charge in [-0.25, -0.2) is 0 Å². The van der Waals surface area contributed by atoms with Gasteiger partial charge in [-0.3, -0.25) is 9.59 Å². The van der Waals surface area contributed by atoms with E-state index in [1.54, 1.807) is 25.3 Å². The third-order valence-corrected chi connectivity index (χ3v) is 6.87. The lowest BCUT2D eigenvalue weighted by molar-refractivity contribution is -0.389. The highest BCUT2D eigenvalue weighted by Crippen LogP contribution is 2.41. The number of aryl methyl sites for hydroxylation is 4. The third kappa shape index (κ3) is 4.11. The maximum atomic E-state index is 12.9. The lowest BCUT2D eigenvalue weighted by Crippen LogP contribution is -2.45. The summed E-state index contributed by atoms with van der Waals surface area (Å²) >= 11 is 0. The molecule has 0 N–H and O–H groups in total. The molecule has 0 radical (unpaired) electrons. The van der Waals surface area contributed by atoms with Crippen molar-refractivity contribution in [1.29, 1.82) is 0 Å². The number of carbonyl (C=O) groups is 2. The van der Waals surface area contributed by atoms with Crippen LogP contribution in [-0.2, 0) is 11.3 Å². The molecule has 2 saturated heterocycles. The molecule has 0 aromatic carbocycles. The first kappa shape index (κ1) is 22.0. The summed E-state index contributed by atoms with van der Waals surface area (Å²) in [6, 6.07) is 0. The van der Waals surface area contributed by atoms with E-state index in [2.05, 4.69) is 10.1 Å². The fraction of sp³-hybridized carbons (Fsp3) is 0.619. The van der Waals surface area contributed by atoms with E-state index in [0.29, 0.717) is 55.6 Å². The van der Waals surface area contributed by atoms with Crippen molar-refractivity contribution in [2.75, 3.05) is 26.2 Å². The van der Waals surface area contributed by atoms with E-state index < -0.39 is 4.92 Å². The molecule has 2 aromatic rings. The SMILES string of the molecule is Cc1noc(C)c1C(=O)N1CCC2(CCN(C(=O)CCn3cc([N+](=O)[O-])nc3C)C2)CC1. The van der Waals surface area contributed by atoms with E-state index >= 15 is 0 Å². The quantitative estimate of drug-likeness (QED) is 0.511. The van der Waals surface area contributed by atoms with Gasteiger partial charge in [0.1, 0.15) is 17.5 Å². The second-order valence-corrected chi connectivity index (χ2v) is 8.90. The van der Waals surface area contributed by atoms with Gasteiger partial charge >= 0.3 is 5.82 Å². The summed E-state index contributed by atoms with van der Waals surface area (Å²) in [6.07, 6.45) is 4.31. The monoisotopic (exact) mass is 444 g/mol. The lowest BCUT2D eigenvalue weighted by Gasteiger charge is -2.39. The largest absolute Gasteiger partial charge is 0.381 e. The second-order valence-electron chi connectivity index (χ2n) is 8.90. The van der Waals surface area contributed by atoms with Gasteiger partial charge in [0.2, 0.25) is 11.7 Å². The van der Waals surface area contributed by atoms with Crippen LogP contribution in [-0.4, -0.2) is 67.4 Å². The van der Waals surface area contributed by atoms with Crippen molar-refractivity contribution in [3.05, 3.63) is 39.2 Å². The zero-order valence-electron chi connectivity index (χ0n) is 18.7. The van der Waals surface area contributed by atoms with E-state index in [9.17, 15) is 19.7 Å². The molecule has 1 spiro atoms. The van der Waals surface area contributed by atoms with Crippen LogP contribution in [0.15, 0.2) is 10.7 Å². The number of likely N-dealkylation sites (tertiary alicyclic amines) is 2. The van der Waals surface area contributed by atoms with E-state index in [0.717, 1.165) is 19.3 Å². The zero-order chi connectivity index (χ0) is 23.0. The Labute approximate surface area is 185 Å². The summed E-state index contributed by atoms with van der Waals surface area (Å²) in [6.45, 7) is 8.31. The number of hydrogen-bond acceptors (Lipinski definition) is 7. The van der Waals surface area contributed by atoms with Gasteiger partial charge in [-0.1, -0.05) is 5.16 Å². The smallest absolute Gasteiger partial charge is 0.361 e. The summed E-state index contributed by atoms with van der Waals surface area (Å²) in [5.41, 5.74) is 1.22. The van der Waals surface area contributed by atoms with Gasteiger partial charge in [0.05, 0.1) is 5.69 Å². The Morgan fingerprint density at radius 3 is 2.38 bits per heavy atom. The van der Waals surface area contributed by atoms with Crippen LogP contribution >= 0.6 is 0 Å². The molecule has 0 unspecified atom stereocenters. The minimum Gasteiger partial charge on any atom is -0.361 e. The minimum atomic E-state index is -0.529. The van der Waals surface area contributed by atoms with Crippen LogP contribution in [0.3, 0.4) is 0 Å². The number of rotatable bonds is 5. The Bertz CT molecular complexity index is 1030. The van der Waals surface area contributed by atoms with Crippen LogP contribution in [0, 0.1) is 36.3 Å². The fourth-order valence-electron chi connectivity index (χ4n) is 4.87. The number of hydrogen-bond donors (Lipinski definition) is 0. The molecule has 0 atom stereocenters. The Balaban J connectivity index is 1.30. The standard InChI is InChI=1S/C21H28N6O5/c1-14-19(15(2)32-23-14)20(29)24-9-5-21(6-10-24)7-11-26(13-21)18(28)4-8-25-12-17(27(30)31)22-16(25)3/h12H,4-11,13H2,1-3H3. The van der Waals surface area contributed by atoms with E-state index in [1.807, 2.05) is 9.80 Å². The summed E-state index contributed by atoms with van der Waals surface area (Å²) in [7, 11) is 0. The Kier molecular flexibility index (Phi) is 5.74. The van der Waals surface area contributed by atoms with Crippen molar-refractivity contribution in [3.8, 4) is 0 Å². The van der Waals surface area contributed by atoms with Gasteiger partial charge in [-0.2, -0.15) is 0 Å². The molecule has 32 heavy (non-hydrogen) atoms. The zero-order valence-corrected chi connectivity index (χ0v) is 18.7. The van der Waals surface area contributed by atoms with Gasteiger partial charge in [0.25, 0.3) is 5.91 Å². The molecule has 11 heteroatoms. The topological polar surface area (TPSA) is 128 Å². The third-order valence-electron chi connectivity index (χ3n) is 6.87. The van der Waals surface area contributed by atoms with Crippen LogP contribution in [0.1, 0.15) is 53.3 Å². The van der Waals surface area contributed by atoms with Gasteiger partial charge in [-0.15, -0.1) is 0 Å². The van der Waals surface area contributed by atoms with Gasteiger partial charge in [0, 0.05) is 46.1 Å². The molecule has 11 nitrogen and oxygen atoms in total. The Morgan fingerprint density at radius 1 is 1.16 bits per heavy atom. The first-order valence-electron chi connectivity index (χ1n) is 10.9. The van der Waals surface area contributed by atoms with E-state index in [4.69, 9.17) is 4.52 Å². The van der Waals surface area contributed by atoms with Crippen LogP contribution in [0.25, 0.3) is 0 Å². The molecule has 2 aromatic heterocycles. The average Bonchev–Trinajstić information content (AvgIpc) is 3.44. The predicted octanol–water partition coefficient (Wildman–Crippen LogP) is 2.25. The van der Waals surface area contributed by atoms with Crippen molar-refractivity contribution in [2.24, 2.45) is 5.41 Å². The maximum Gasteiger partial charge on any atom is 0.381 e. The normalized spacial score (nSPS) is 17.8. The Hall–Kier alpha value is -3.24. The Morgan fingerprint density at radius 2 is 1.81 bits per heavy atom. The van der Waals surface area contributed by atoms with Crippen LogP contribution in [0.4, 0.5) is 5.82 Å². The molecular formula is C21H28N6O5. The van der Waals surface area contributed by atoms with E-state index in [1.165, 1.54) is 6.20 Å². The van der Waals surface area contributed by atoms with Crippen molar-refractivity contribution < 1.29 is 19.0 Å². The fourth-order valence-corrected chi connectivity index (χ4v) is 4.87. The second kappa shape index (κ2) is 8.36. The van der Waals surface area contributed by atoms with Crippen LogP contribution in [0.2, 0.25) is 0 Å².